The van der Waals surface area contributed by atoms with Crippen molar-refractivity contribution in [1.82, 2.24) is 10.2 Å². The zero-order valence-electron chi connectivity index (χ0n) is 11.4. The van der Waals surface area contributed by atoms with Crippen molar-refractivity contribution in [3.8, 4) is 0 Å². The van der Waals surface area contributed by atoms with Crippen LogP contribution in [0.2, 0.25) is 0 Å². The Morgan fingerprint density at radius 3 is 2.79 bits per heavy atom. The molecule has 1 aromatic carbocycles. The molecular weight excluding hydrogens is 302 g/mol. The Kier molecular flexibility index (Phi) is 6.31. The summed E-state index contributed by atoms with van der Waals surface area (Å²) in [6, 6.07) is 8.50. The van der Waals surface area contributed by atoms with Crippen LogP contribution >= 0.6 is 15.9 Å². The van der Waals surface area contributed by atoms with Crippen LogP contribution in [0.3, 0.4) is 0 Å². The highest BCUT2D eigenvalue weighted by molar-refractivity contribution is 9.10. The lowest BCUT2D eigenvalue weighted by molar-refractivity contribution is 0.186. The van der Waals surface area contributed by atoms with E-state index < -0.39 is 0 Å². The van der Waals surface area contributed by atoms with Crippen molar-refractivity contribution >= 4 is 15.9 Å². The van der Waals surface area contributed by atoms with Gasteiger partial charge in [0.2, 0.25) is 0 Å². The summed E-state index contributed by atoms with van der Waals surface area (Å²) in [4.78, 5) is 2.48. The largest absolute Gasteiger partial charge is 0.329 e. The van der Waals surface area contributed by atoms with Gasteiger partial charge in [0, 0.05) is 24.1 Å². The highest BCUT2D eigenvalue weighted by Crippen LogP contribution is 2.16. The Labute approximate surface area is 124 Å². The number of benzene rings is 1. The fourth-order valence-corrected chi connectivity index (χ4v) is 3.11. The van der Waals surface area contributed by atoms with Crippen molar-refractivity contribution in [1.29, 1.82) is 0 Å². The van der Waals surface area contributed by atoms with Crippen molar-refractivity contribution in [2.45, 2.75) is 19.4 Å². The van der Waals surface area contributed by atoms with Crippen molar-refractivity contribution in [3.05, 3.63) is 34.3 Å². The first-order valence-electron chi connectivity index (χ1n) is 7.15. The van der Waals surface area contributed by atoms with Crippen molar-refractivity contribution in [2.24, 2.45) is 11.7 Å². The maximum atomic E-state index is 5.59. The number of rotatable bonds is 6. The van der Waals surface area contributed by atoms with Gasteiger partial charge >= 0.3 is 0 Å². The van der Waals surface area contributed by atoms with Gasteiger partial charge in [0.1, 0.15) is 0 Å². The SMILES string of the molecule is NCCN1CCC(CNCc2cccc(Br)c2)CC1. The Morgan fingerprint density at radius 1 is 1.32 bits per heavy atom. The molecule has 0 radical (unpaired) electrons. The molecule has 106 valence electrons. The predicted octanol–water partition coefficient (Wildman–Crippen LogP) is 2.21. The third kappa shape index (κ3) is 5.22. The number of halogens is 1. The van der Waals surface area contributed by atoms with E-state index in [0.717, 1.165) is 36.6 Å². The van der Waals surface area contributed by atoms with E-state index in [1.807, 2.05) is 0 Å². The predicted molar refractivity (Wildman–Crippen MR) is 84.1 cm³/mol. The Morgan fingerprint density at radius 2 is 2.11 bits per heavy atom. The Bertz CT molecular complexity index is 375. The van der Waals surface area contributed by atoms with Gasteiger partial charge in [0.25, 0.3) is 0 Å². The molecule has 0 atom stereocenters. The molecule has 0 unspecified atom stereocenters. The summed E-state index contributed by atoms with van der Waals surface area (Å²) in [7, 11) is 0. The van der Waals surface area contributed by atoms with Crippen LogP contribution < -0.4 is 11.1 Å². The molecule has 4 heteroatoms. The second kappa shape index (κ2) is 8.00. The van der Waals surface area contributed by atoms with E-state index in [1.54, 1.807) is 0 Å². The summed E-state index contributed by atoms with van der Waals surface area (Å²) in [6.45, 7) is 6.34. The minimum absolute atomic E-state index is 0.784. The van der Waals surface area contributed by atoms with Crippen LogP contribution in [-0.4, -0.2) is 37.6 Å². The molecule has 0 saturated carbocycles. The second-order valence-electron chi connectivity index (χ2n) is 5.33. The molecule has 0 bridgehead atoms. The fourth-order valence-electron chi connectivity index (χ4n) is 2.66. The normalized spacial score (nSPS) is 17.8. The smallest absolute Gasteiger partial charge is 0.0206 e. The van der Waals surface area contributed by atoms with E-state index >= 15 is 0 Å². The molecule has 0 amide bonds. The van der Waals surface area contributed by atoms with Gasteiger partial charge in [-0.3, -0.25) is 0 Å². The number of nitrogens with two attached hydrogens (primary N) is 1. The highest BCUT2D eigenvalue weighted by Gasteiger charge is 2.17. The molecule has 2 rings (SSSR count). The molecule has 0 spiro atoms. The van der Waals surface area contributed by atoms with Gasteiger partial charge in [0.15, 0.2) is 0 Å². The van der Waals surface area contributed by atoms with Crippen LogP contribution in [0.1, 0.15) is 18.4 Å². The first-order chi connectivity index (χ1) is 9.28. The summed E-state index contributed by atoms with van der Waals surface area (Å²) in [5.74, 6) is 0.821. The number of nitrogens with zero attached hydrogens (tertiary/aromatic N) is 1. The molecule has 0 aromatic heterocycles. The summed E-state index contributed by atoms with van der Waals surface area (Å²) in [6.07, 6.45) is 2.59. The van der Waals surface area contributed by atoms with Crippen LogP contribution in [0.15, 0.2) is 28.7 Å². The van der Waals surface area contributed by atoms with Gasteiger partial charge in [-0.05, 0) is 56.1 Å². The minimum Gasteiger partial charge on any atom is -0.329 e. The molecule has 1 aliphatic rings. The topological polar surface area (TPSA) is 41.3 Å². The van der Waals surface area contributed by atoms with Gasteiger partial charge < -0.3 is 16.0 Å². The van der Waals surface area contributed by atoms with Gasteiger partial charge in [-0.15, -0.1) is 0 Å². The van der Waals surface area contributed by atoms with E-state index in [-0.39, 0.29) is 0 Å². The monoisotopic (exact) mass is 325 g/mol. The minimum atomic E-state index is 0.784. The second-order valence-corrected chi connectivity index (χ2v) is 6.25. The molecule has 1 heterocycles. The van der Waals surface area contributed by atoms with Gasteiger partial charge in [-0.2, -0.15) is 0 Å². The van der Waals surface area contributed by atoms with Crippen LogP contribution in [0, 0.1) is 5.92 Å². The van der Waals surface area contributed by atoms with E-state index in [1.165, 1.54) is 31.5 Å². The molecule has 1 saturated heterocycles. The van der Waals surface area contributed by atoms with Crippen molar-refractivity contribution < 1.29 is 0 Å². The molecule has 1 aromatic rings. The van der Waals surface area contributed by atoms with Crippen LogP contribution in [-0.2, 0) is 6.54 Å². The van der Waals surface area contributed by atoms with E-state index in [9.17, 15) is 0 Å². The van der Waals surface area contributed by atoms with Gasteiger partial charge in [-0.1, -0.05) is 28.1 Å². The van der Waals surface area contributed by atoms with E-state index in [0.29, 0.717) is 0 Å². The van der Waals surface area contributed by atoms with Crippen molar-refractivity contribution in [2.75, 3.05) is 32.7 Å². The summed E-state index contributed by atoms with van der Waals surface area (Å²) in [5.41, 5.74) is 6.94. The molecule has 1 aliphatic heterocycles. The highest BCUT2D eigenvalue weighted by atomic mass is 79.9. The lowest BCUT2D eigenvalue weighted by Gasteiger charge is -2.31. The average molecular weight is 326 g/mol. The quantitative estimate of drug-likeness (QED) is 0.842. The standard InChI is InChI=1S/C15H24BrN3/c16-15-3-1-2-14(10-15)12-18-11-13-4-7-19(8-5-13)9-6-17/h1-3,10,13,18H,4-9,11-12,17H2. The van der Waals surface area contributed by atoms with E-state index in [2.05, 4.69) is 50.4 Å². The Balaban J connectivity index is 1.64. The first-order valence-corrected chi connectivity index (χ1v) is 7.95. The molecule has 3 nitrogen and oxygen atoms in total. The Hall–Kier alpha value is -0.420. The van der Waals surface area contributed by atoms with Crippen LogP contribution in [0.25, 0.3) is 0 Å². The van der Waals surface area contributed by atoms with Gasteiger partial charge in [-0.25, -0.2) is 0 Å². The molecule has 19 heavy (non-hydrogen) atoms. The number of piperidine rings is 1. The number of hydrogen-bond acceptors (Lipinski definition) is 3. The molecule has 3 N–H and O–H groups in total. The number of hydrogen-bond donors (Lipinski definition) is 2. The molecular formula is C15H24BrN3. The van der Waals surface area contributed by atoms with E-state index in [4.69, 9.17) is 5.73 Å². The lowest BCUT2D eigenvalue weighted by atomic mass is 9.97. The zero-order valence-corrected chi connectivity index (χ0v) is 13.0. The third-order valence-corrected chi connectivity index (χ3v) is 4.30. The average Bonchev–Trinajstić information content (AvgIpc) is 2.41. The van der Waals surface area contributed by atoms with Gasteiger partial charge in [0.05, 0.1) is 0 Å². The maximum Gasteiger partial charge on any atom is 0.0206 e. The number of nitrogens with one attached hydrogen (secondary N) is 1. The lowest BCUT2D eigenvalue weighted by Crippen LogP contribution is -2.39. The third-order valence-electron chi connectivity index (χ3n) is 3.80. The molecule has 0 aliphatic carbocycles. The maximum absolute atomic E-state index is 5.59. The summed E-state index contributed by atoms with van der Waals surface area (Å²) in [5, 5.41) is 3.58. The fraction of sp³-hybridized carbons (Fsp3) is 0.600. The summed E-state index contributed by atoms with van der Waals surface area (Å²) >= 11 is 3.51. The van der Waals surface area contributed by atoms with Crippen LogP contribution in [0.4, 0.5) is 0 Å². The number of likely N-dealkylation sites (tertiary alicyclic amines) is 1. The van der Waals surface area contributed by atoms with Crippen molar-refractivity contribution in [3.63, 3.8) is 0 Å². The van der Waals surface area contributed by atoms with Crippen LogP contribution in [0.5, 0.6) is 0 Å². The zero-order chi connectivity index (χ0) is 13.5. The summed E-state index contributed by atoms with van der Waals surface area (Å²) < 4.78 is 1.15. The first kappa shape index (κ1) is 15.0. The molecule has 1 fully saturated rings.